The van der Waals surface area contributed by atoms with Crippen molar-refractivity contribution in [1.82, 2.24) is 5.32 Å². The predicted octanol–water partition coefficient (Wildman–Crippen LogP) is 2.13. The molecule has 0 saturated heterocycles. The lowest BCUT2D eigenvalue weighted by atomic mass is 10.2. The first kappa shape index (κ1) is 16.0. The van der Waals surface area contributed by atoms with Gasteiger partial charge in [-0.3, -0.25) is 9.59 Å². The molecule has 110 valence electrons. The minimum atomic E-state index is -0.845. The van der Waals surface area contributed by atoms with Gasteiger partial charge in [-0.05, 0) is 37.1 Å². The highest BCUT2D eigenvalue weighted by molar-refractivity contribution is 5.94. The zero-order valence-corrected chi connectivity index (χ0v) is 12.1. The smallest absolute Gasteiger partial charge is 0.303 e. The van der Waals surface area contributed by atoms with Gasteiger partial charge in [0.15, 0.2) is 0 Å². The molecular formula is C15H22N2O3. The molecule has 0 saturated carbocycles. The third kappa shape index (κ3) is 5.30. The monoisotopic (exact) mass is 278 g/mol. The van der Waals surface area contributed by atoms with E-state index in [4.69, 9.17) is 5.11 Å². The van der Waals surface area contributed by atoms with Crippen molar-refractivity contribution < 1.29 is 14.7 Å². The van der Waals surface area contributed by atoms with Crippen LogP contribution in [0.15, 0.2) is 24.3 Å². The fourth-order valence-electron chi connectivity index (χ4n) is 1.88. The number of anilines is 1. The maximum Gasteiger partial charge on any atom is 0.303 e. The topological polar surface area (TPSA) is 69.6 Å². The second kappa shape index (κ2) is 8.19. The second-order valence-electron chi connectivity index (χ2n) is 4.72. The SMILES string of the molecule is CCCN(C)c1ccc(C(=O)NCCCC(=O)O)cc1. The molecule has 1 aromatic carbocycles. The van der Waals surface area contributed by atoms with Crippen LogP contribution in [0.4, 0.5) is 5.69 Å². The first-order valence-electron chi connectivity index (χ1n) is 6.85. The number of carbonyl (C=O) groups excluding carboxylic acids is 1. The van der Waals surface area contributed by atoms with Gasteiger partial charge in [-0.15, -0.1) is 0 Å². The second-order valence-corrected chi connectivity index (χ2v) is 4.72. The van der Waals surface area contributed by atoms with Crippen molar-refractivity contribution in [2.24, 2.45) is 0 Å². The van der Waals surface area contributed by atoms with Crippen LogP contribution in [0.3, 0.4) is 0 Å². The van der Waals surface area contributed by atoms with Crippen LogP contribution >= 0.6 is 0 Å². The van der Waals surface area contributed by atoms with E-state index in [9.17, 15) is 9.59 Å². The summed E-state index contributed by atoms with van der Waals surface area (Å²) in [6.45, 7) is 3.47. The number of hydrogen-bond acceptors (Lipinski definition) is 3. The molecule has 0 unspecified atom stereocenters. The number of rotatable bonds is 8. The Morgan fingerprint density at radius 3 is 2.45 bits per heavy atom. The fraction of sp³-hybridized carbons (Fsp3) is 0.467. The number of aliphatic carboxylic acids is 1. The number of nitrogens with one attached hydrogen (secondary N) is 1. The van der Waals surface area contributed by atoms with Crippen molar-refractivity contribution in [1.29, 1.82) is 0 Å². The van der Waals surface area contributed by atoms with Crippen LogP contribution in [0.1, 0.15) is 36.5 Å². The van der Waals surface area contributed by atoms with Gasteiger partial charge in [0.2, 0.25) is 0 Å². The molecule has 1 rings (SSSR count). The Bertz CT molecular complexity index is 443. The summed E-state index contributed by atoms with van der Waals surface area (Å²) in [6, 6.07) is 7.41. The van der Waals surface area contributed by atoms with E-state index in [1.54, 1.807) is 12.1 Å². The summed E-state index contributed by atoms with van der Waals surface area (Å²) in [5, 5.41) is 11.2. The van der Waals surface area contributed by atoms with E-state index in [1.165, 1.54) is 0 Å². The average Bonchev–Trinajstić information content (AvgIpc) is 2.43. The lowest BCUT2D eigenvalue weighted by Crippen LogP contribution is -2.25. The molecule has 5 heteroatoms. The highest BCUT2D eigenvalue weighted by atomic mass is 16.4. The van der Waals surface area contributed by atoms with Gasteiger partial charge >= 0.3 is 5.97 Å². The van der Waals surface area contributed by atoms with Crippen LogP contribution in [0, 0.1) is 0 Å². The van der Waals surface area contributed by atoms with E-state index in [2.05, 4.69) is 17.1 Å². The van der Waals surface area contributed by atoms with E-state index >= 15 is 0 Å². The first-order chi connectivity index (χ1) is 9.54. The zero-order valence-electron chi connectivity index (χ0n) is 12.1. The predicted molar refractivity (Wildman–Crippen MR) is 79.2 cm³/mol. The van der Waals surface area contributed by atoms with Gasteiger partial charge in [-0.25, -0.2) is 0 Å². The molecule has 0 fully saturated rings. The van der Waals surface area contributed by atoms with Gasteiger partial charge in [0.05, 0.1) is 0 Å². The van der Waals surface area contributed by atoms with Crippen molar-refractivity contribution in [3.63, 3.8) is 0 Å². The number of amides is 1. The van der Waals surface area contributed by atoms with Gasteiger partial charge in [0.25, 0.3) is 5.91 Å². The molecule has 2 N–H and O–H groups in total. The minimum absolute atomic E-state index is 0.0705. The van der Waals surface area contributed by atoms with E-state index in [0.29, 0.717) is 18.5 Å². The third-order valence-electron chi connectivity index (χ3n) is 2.98. The molecule has 0 aliphatic carbocycles. The number of carboxylic acids is 1. The maximum atomic E-state index is 11.8. The Morgan fingerprint density at radius 1 is 1.25 bits per heavy atom. The fourth-order valence-corrected chi connectivity index (χ4v) is 1.88. The van der Waals surface area contributed by atoms with Crippen LogP contribution < -0.4 is 10.2 Å². The molecule has 1 aromatic rings. The summed E-state index contributed by atoms with van der Waals surface area (Å²) in [7, 11) is 2.02. The van der Waals surface area contributed by atoms with Gasteiger partial charge in [-0.1, -0.05) is 6.92 Å². The summed E-state index contributed by atoms with van der Waals surface area (Å²) in [5.74, 6) is -1.01. The van der Waals surface area contributed by atoms with Crippen molar-refractivity contribution in [2.45, 2.75) is 26.2 Å². The van der Waals surface area contributed by atoms with Crippen molar-refractivity contribution in [3.05, 3.63) is 29.8 Å². The molecule has 0 aliphatic rings. The van der Waals surface area contributed by atoms with Crippen LogP contribution in [0.2, 0.25) is 0 Å². The summed E-state index contributed by atoms with van der Waals surface area (Å²) in [4.78, 5) is 24.3. The summed E-state index contributed by atoms with van der Waals surface area (Å²) < 4.78 is 0. The van der Waals surface area contributed by atoms with Gasteiger partial charge in [0, 0.05) is 37.8 Å². The van der Waals surface area contributed by atoms with E-state index in [0.717, 1.165) is 18.7 Å². The molecule has 0 spiro atoms. The number of hydrogen-bond donors (Lipinski definition) is 2. The largest absolute Gasteiger partial charge is 0.481 e. The minimum Gasteiger partial charge on any atom is -0.481 e. The number of carboxylic acid groups (broad SMARTS) is 1. The van der Waals surface area contributed by atoms with Gasteiger partial charge < -0.3 is 15.3 Å². The Morgan fingerprint density at radius 2 is 1.90 bits per heavy atom. The van der Waals surface area contributed by atoms with Crippen LogP contribution in [-0.2, 0) is 4.79 Å². The molecule has 20 heavy (non-hydrogen) atoms. The Balaban J connectivity index is 2.47. The Kier molecular flexibility index (Phi) is 6.56. The zero-order chi connectivity index (χ0) is 15.0. The van der Waals surface area contributed by atoms with Crippen molar-refractivity contribution in [3.8, 4) is 0 Å². The van der Waals surface area contributed by atoms with Gasteiger partial charge in [-0.2, -0.15) is 0 Å². The van der Waals surface area contributed by atoms with Crippen LogP contribution in [0.5, 0.6) is 0 Å². The van der Waals surface area contributed by atoms with Crippen molar-refractivity contribution in [2.75, 3.05) is 25.0 Å². The molecule has 5 nitrogen and oxygen atoms in total. The summed E-state index contributed by atoms with van der Waals surface area (Å²) >= 11 is 0. The number of benzene rings is 1. The van der Waals surface area contributed by atoms with E-state index < -0.39 is 5.97 Å². The first-order valence-corrected chi connectivity index (χ1v) is 6.85. The Labute approximate surface area is 119 Å². The molecule has 0 radical (unpaired) electrons. The number of nitrogens with zero attached hydrogens (tertiary/aromatic N) is 1. The molecule has 0 heterocycles. The maximum absolute atomic E-state index is 11.8. The molecule has 0 aliphatic heterocycles. The quantitative estimate of drug-likeness (QED) is 0.715. The summed E-state index contributed by atoms with van der Waals surface area (Å²) in [5.41, 5.74) is 1.67. The standard InChI is InChI=1S/C15H22N2O3/c1-3-11-17(2)13-8-6-12(7-9-13)15(20)16-10-4-5-14(18)19/h6-9H,3-5,10-11H2,1-2H3,(H,16,20)(H,18,19). The van der Waals surface area contributed by atoms with Crippen molar-refractivity contribution >= 4 is 17.6 Å². The van der Waals surface area contributed by atoms with Crippen LogP contribution in [0.25, 0.3) is 0 Å². The molecule has 1 amide bonds. The molecule has 0 bridgehead atoms. The highest BCUT2D eigenvalue weighted by Gasteiger charge is 2.06. The van der Waals surface area contributed by atoms with E-state index in [1.807, 2.05) is 19.2 Å². The lowest BCUT2D eigenvalue weighted by Gasteiger charge is -2.18. The molecule has 0 aromatic heterocycles. The molecular weight excluding hydrogens is 256 g/mol. The normalized spacial score (nSPS) is 10.1. The Hall–Kier alpha value is -2.04. The lowest BCUT2D eigenvalue weighted by molar-refractivity contribution is -0.137. The molecule has 0 atom stereocenters. The summed E-state index contributed by atoms with van der Waals surface area (Å²) in [6.07, 6.45) is 1.59. The highest BCUT2D eigenvalue weighted by Crippen LogP contribution is 2.14. The number of carbonyl (C=O) groups is 2. The van der Waals surface area contributed by atoms with E-state index in [-0.39, 0.29) is 12.3 Å². The average molecular weight is 278 g/mol. The van der Waals surface area contributed by atoms with Crippen LogP contribution in [-0.4, -0.2) is 37.1 Å². The third-order valence-corrected chi connectivity index (χ3v) is 2.98. The van der Waals surface area contributed by atoms with Gasteiger partial charge in [0.1, 0.15) is 0 Å².